The van der Waals surface area contributed by atoms with Gasteiger partial charge in [-0.3, -0.25) is 4.52 Å². The molecule has 0 bridgehead atoms. The van der Waals surface area contributed by atoms with Gasteiger partial charge in [-0.15, -0.1) is 0 Å². The Balaban J connectivity index is 3.96. The Kier molecular flexibility index (Phi) is 16.7. The van der Waals surface area contributed by atoms with Gasteiger partial charge in [0.2, 0.25) is 0 Å². The number of ether oxygens (including phenoxy) is 1. The van der Waals surface area contributed by atoms with Crippen LogP contribution in [-0.2, 0) is 13.8 Å². The van der Waals surface area contributed by atoms with Gasteiger partial charge in [0, 0.05) is 13.2 Å². The van der Waals surface area contributed by atoms with Crippen molar-refractivity contribution in [3.63, 3.8) is 0 Å². The molecule has 0 atom stereocenters. The van der Waals surface area contributed by atoms with Gasteiger partial charge in [0.25, 0.3) is 0 Å². The molecule has 0 amide bonds. The largest absolute Gasteiger partial charge is 0.469 e. The first-order chi connectivity index (χ1) is 14.2. The number of hydrogen-bond donors (Lipinski definition) is 2. The summed E-state index contributed by atoms with van der Waals surface area (Å²) in [6.45, 7) is 13.3. The van der Waals surface area contributed by atoms with Gasteiger partial charge in [-0.2, -0.15) is 0 Å². The predicted octanol–water partition coefficient (Wildman–Crippen LogP) is 7.65. The third-order valence-corrected chi connectivity index (χ3v) is 7.90. The Hall–Kier alpha value is 0.0700. The fourth-order valence-corrected chi connectivity index (χ4v) is 5.20. The monoisotopic (exact) mass is 450 g/mol. The van der Waals surface area contributed by atoms with Gasteiger partial charge in [-0.25, -0.2) is 4.57 Å². The van der Waals surface area contributed by atoms with Crippen molar-refractivity contribution in [3.05, 3.63) is 0 Å². The highest BCUT2D eigenvalue weighted by atomic mass is 31.2. The van der Waals surface area contributed by atoms with Gasteiger partial charge in [0.05, 0.1) is 6.61 Å². The molecule has 0 aromatic rings. The fourth-order valence-electron chi connectivity index (χ4n) is 4.84. The average Bonchev–Trinajstić information content (AvgIpc) is 2.72. The van der Waals surface area contributed by atoms with Crippen molar-refractivity contribution in [3.8, 4) is 0 Å². The van der Waals surface area contributed by atoms with Crippen molar-refractivity contribution in [2.45, 2.75) is 125 Å². The Morgan fingerprint density at radius 3 is 1.47 bits per heavy atom. The quantitative estimate of drug-likeness (QED) is 0.139. The maximum atomic E-state index is 10.8. The second-order valence-electron chi connectivity index (χ2n) is 9.12. The zero-order valence-corrected chi connectivity index (χ0v) is 21.5. The van der Waals surface area contributed by atoms with E-state index in [4.69, 9.17) is 14.5 Å². The standard InChI is InChI=1S/C24H51O5P/c1-6-16-23(7-2,8-3)17-11-13-20-28-21-14-12-18-24(9-4,10-5)19-15-22-29-30(25,26)27/h6-22H2,1-5H3,(H2,25,26,27). The molecule has 0 fully saturated rings. The molecule has 0 saturated carbocycles. The van der Waals surface area contributed by atoms with E-state index in [2.05, 4.69) is 39.1 Å². The number of rotatable bonds is 21. The molecule has 0 aromatic carbocycles. The Morgan fingerprint density at radius 1 is 0.633 bits per heavy atom. The van der Waals surface area contributed by atoms with Crippen LogP contribution in [0.3, 0.4) is 0 Å². The zero-order chi connectivity index (χ0) is 22.9. The highest BCUT2D eigenvalue weighted by Gasteiger charge is 2.26. The molecule has 0 aromatic heterocycles. The fraction of sp³-hybridized carbons (Fsp3) is 1.00. The summed E-state index contributed by atoms with van der Waals surface area (Å²) in [4.78, 5) is 17.6. The van der Waals surface area contributed by atoms with Gasteiger partial charge in [-0.1, -0.05) is 79.6 Å². The molecule has 0 aliphatic carbocycles. The second-order valence-corrected chi connectivity index (χ2v) is 10.4. The smallest absolute Gasteiger partial charge is 0.381 e. The SMILES string of the molecule is CCCC(CC)(CC)CCCCOCCCCC(CC)(CC)CCCOP(=O)(O)O. The van der Waals surface area contributed by atoms with Crippen molar-refractivity contribution >= 4 is 7.82 Å². The van der Waals surface area contributed by atoms with Crippen molar-refractivity contribution in [1.29, 1.82) is 0 Å². The van der Waals surface area contributed by atoms with Crippen molar-refractivity contribution in [2.75, 3.05) is 19.8 Å². The first-order valence-electron chi connectivity index (χ1n) is 12.5. The summed E-state index contributed by atoms with van der Waals surface area (Å²) >= 11 is 0. The molecule has 30 heavy (non-hydrogen) atoms. The summed E-state index contributed by atoms with van der Waals surface area (Å²) in [6, 6.07) is 0. The molecule has 0 spiro atoms. The molecule has 0 heterocycles. The lowest BCUT2D eigenvalue weighted by molar-refractivity contribution is 0.112. The number of hydrogen-bond acceptors (Lipinski definition) is 3. The van der Waals surface area contributed by atoms with Crippen LogP contribution < -0.4 is 0 Å². The van der Waals surface area contributed by atoms with E-state index < -0.39 is 7.82 Å². The lowest BCUT2D eigenvalue weighted by Crippen LogP contribution is -2.20. The Bertz CT molecular complexity index is 441. The van der Waals surface area contributed by atoms with Gasteiger partial charge < -0.3 is 14.5 Å². The van der Waals surface area contributed by atoms with E-state index in [0.717, 1.165) is 51.7 Å². The molecule has 0 unspecified atom stereocenters. The highest BCUT2D eigenvalue weighted by Crippen LogP contribution is 2.40. The number of phosphoric acid groups is 1. The minimum atomic E-state index is -4.34. The molecule has 0 saturated heterocycles. The van der Waals surface area contributed by atoms with Crippen LogP contribution in [-0.4, -0.2) is 29.6 Å². The molecule has 6 heteroatoms. The van der Waals surface area contributed by atoms with E-state index in [1.165, 1.54) is 44.9 Å². The molecule has 0 aliphatic rings. The van der Waals surface area contributed by atoms with Crippen LogP contribution in [0.2, 0.25) is 0 Å². The lowest BCUT2D eigenvalue weighted by Gasteiger charge is -2.32. The molecule has 182 valence electrons. The van der Waals surface area contributed by atoms with E-state index in [9.17, 15) is 4.57 Å². The molecule has 0 aliphatic heterocycles. The molecule has 0 radical (unpaired) electrons. The van der Waals surface area contributed by atoms with Crippen LogP contribution in [0.1, 0.15) is 125 Å². The first-order valence-corrected chi connectivity index (χ1v) is 14.0. The van der Waals surface area contributed by atoms with Crippen LogP contribution in [0.25, 0.3) is 0 Å². The minimum Gasteiger partial charge on any atom is -0.381 e. The molecule has 5 nitrogen and oxygen atoms in total. The van der Waals surface area contributed by atoms with Crippen LogP contribution in [0.4, 0.5) is 0 Å². The van der Waals surface area contributed by atoms with Crippen LogP contribution in [0, 0.1) is 10.8 Å². The van der Waals surface area contributed by atoms with E-state index in [1.807, 2.05) is 0 Å². The summed E-state index contributed by atoms with van der Waals surface area (Å²) < 4.78 is 21.3. The Labute approximate surface area is 186 Å². The third kappa shape index (κ3) is 13.5. The third-order valence-electron chi connectivity index (χ3n) is 7.38. The summed E-state index contributed by atoms with van der Waals surface area (Å²) in [6.07, 6.45) is 16.2. The van der Waals surface area contributed by atoms with Crippen molar-refractivity contribution in [2.24, 2.45) is 10.8 Å². The number of unbranched alkanes of at least 4 members (excludes halogenated alkanes) is 2. The van der Waals surface area contributed by atoms with Gasteiger partial charge >= 0.3 is 7.82 Å². The van der Waals surface area contributed by atoms with E-state index >= 15 is 0 Å². The lowest BCUT2D eigenvalue weighted by atomic mass is 9.74. The van der Waals surface area contributed by atoms with Crippen molar-refractivity contribution < 1.29 is 23.6 Å². The predicted molar refractivity (Wildman–Crippen MR) is 127 cm³/mol. The maximum Gasteiger partial charge on any atom is 0.469 e. The highest BCUT2D eigenvalue weighted by molar-refractivity contribution is 7.46. The zero-order valence-electron chi connectivity index (χ0n) is 20.6. The maximum absolute atomic E-state index is 10.8. The average molecular weight is 451 g/mol. The Morgan fingerprint density at radius 2 is 1.07 bits per heavy atom. The summed E-state index contributed by atoms with van der Waals surface area (Å²) in [7, 11) is -4.34. The van der Waals surface area contributed by atoms with Gasteiger partial charge in [-0.05, 0) is 55.8 Å². The summed E-state index contributed by atoms with van der Waals surface area (Å²) in [5.74, 6) is 0. The van der Waals surface area contributed by atoms with Crippen LogP contribution >= 0.6 is 7.82 Å². The summed E-state index contributed by atoms with van der Waals surface area (Å²) in [5, 5.41) is 0. The summed E-state index contributed by atoms with van der Waals surface area (Å²) in [5.41, 5.74) is 0.801. The molecule has 2 N–H and O–H groups in total. The first kappa shape index (κ1) is 30.1. The molecule has 0 rings (SSSR count). The minimum absolute atomic E-state index is 0.130. The molecular formula is C24H51O5P. The van der Waals surface area contributed by atoms with Gasteiger partial charge in [0.1, 0.15) is 0 Å². The van der Waals surface area contributed by atoms with E-state index in [0.29, 0.717) is 11.8 Å². The van der Waals surface area contributed by atoms with Crippen molar-refractivity contribution in [1.82, 2.24) is 0 Å². The molecular weight excluding hydrogens is 399 g/mol. The van der Waals surface area contributed by atoms with E-state index in [1.54, 1.807) is 0 Å². The topological polar surface area (TPSA) is 76.0 Å². The number of phosphoric ester groups is 1. The van der Waals surface area contributed by atoms with Gasteiger partial charge in [0.15, 0.2) is 0 Å². The van der Waals surface area contributed by atoms with Crippen LogP contribution in [0.5, 0.6) is 0 Å². The normalized spacial score (nSPS) is 13.2. The van der Waals surface area contributed by atoms with Crippen LogP contribution in [0.15, 0.2) is 0 Å². The second kappa shape index (κ2) is 16.7. The van der Waals surface area contributed by atoms with E-state index in [-0.39, 0.29) is 12.0 Å².